The number of amides is 1. The van der Waals surface area contributed by atoms with Crippen molar-refractivity contribution in [3.63, 3.8) is 0 Å². The summed E-state index contributed by atoms with van der Waals surface area (Å²) in [6.45, 7) is 4.96. The van der Waals surface area contributed by atoms with Crippen molar-refractivity contribution in [2.75, 3.05) is 13.7 Å². The van der Waals surface area contributed by atoms with Crippen molar-refractivity contribution in [1.29, 1.82) is 0 Å². The average molecular weight is 506 g/mol. The molecule has 1 aliphatic heterocycles. The first-order valence-corrected chi connectivity index (χ1v) is 13.2. The van der Waals surface area contributed by atoms with Gasteiger partial charge in [0.2, 0.25) is 10.0 Å². The van der Waals surface area contributed by atoms with Crippen LogP contribution in [0.2, 0.25) is 0 Å². The lowest BCUT2D eigenvalue weighted by atomic mass is 9.82. The quantitative estimate of drug-likeness (QED) is 0.450. The molecule has 0 spiro atoms. The third kappa shape index (κ3) is 4.83. The highest BCUT2D eigenvalue weighted by Crippen LogP contribution is 2.42. The molecule has 2 aliphatic rings. The minimum absolute atomic E-state index is 0.0429. The molecule has 34 heavy (non-hydrogen) atoms. The minimum atomic E-state index is -4.02. The van der Waals surface area contributed by atoms with E-state index in [0.29, 0.717) is 16.2 Å². The molecule has 8 nitrogen and oxygen atoms in total. The SMILES string of the molecule is COc1ccc([C@@H]2C=C3CN(C(=O)OC(C)(C)C)S(=O)(=O)[C@H]3C[C@H]2OC(=O)c2cccs2)cc1. The summed E-state index contributed by atoms with van der Waals surface area (Å²) in [5.41, 5.74) is 0.609. The van der Waals surface area contributed by atoms with Gasteiger partial charge in [-0.2, -0.15) is 4.31 Å². The zero-order valence-corrected chi connectivity index (χ0v) is 21.0. The highest BCUT2D eigenvalue weighted by molar-refractivity contribution is 7.90. The molecule has 1 aliphatic carbocycles. The van der Waals surface area contributed by atoms with Gasteiger partial charge in [-0.15, -0.1) is 11.3 Å². The standard InChI is InChI=1S/C24H27NO7S2/c1-24(2,3)32-23(27)25-14-16-12-18(15-7-9-17(30-4)10-8-15)19(13-21(16)34(25,28)29)31-22(26)20-6-5-11-33-20/h5-12,18-19,21H,13-14H2,1-4H3/t18-,19+,21-/m0/s1. The van der Waals surface area contributed by atoms with Crippen molar-refractivity contribution < 1.29 is 32.2 Å². The summed E-state index contributed by atoms with van der Waals surface area (Å²) in [6, 6.07) is 10.7. The molecule has 2 aromatic rings. The molecule has 3 atom stereocenters. The highest BCUT2D eigenvalue weighted by Gasteiger charge is 2.51. The van der Waals surface area contributed by atoms with E-state index in [1.165, 1.54) is 11.3 Å². The minimum Gasteiger partial charge on any atom is -0.497 e. The molecular weight excluding hydrogens is 478 g/mol. The fourth-order valence-electron chi connectivity index (χ4n) is 4.16. The Morgan fingerprint density at radius 3 is 2.41 bits per heavy atom. The molecule has 0 bridgehead atoms. The first kappa shape index (κ1) is 24.3. The lowest BCUT2D eigenvalue weighted by Gasteiger charge is -2.31. The van der Waals surface area contributed by atoms with Crippen molar-refractivity contribution in [1.82, 2.24) is 4.31 Å². The Hall–Kier alpha value is -2.85. The van der Waals surface area contributed by atoms with Crippen LogP contribution in [0.4, 0.5) is 4.79 Å². The highest BCUT2D eigenvalue weighted by atomic mass is 32.2. The van der Waals surface area contributed by atoms with Crippen LogP contribution in [-0.2, 0) is 19.5 Å². The number of benzene rings is 1. The van der Waals surface area contributed by atoms with Crippen LogP contribution in [0.5, 0.6) is 5.75 Å². The number of rotatable bonds is 4. The van der Waals surface area contributed by atoms with Crippen LogP contribution in [0, 0.1) is 0 Å². The van der Waals surface area contributed by atoms with Gasteiger partial charge in [-0.25, -0.2) is 18.0 Å². The summed E-state index contributed by atoms with van der Waals surface area (Å²) in [4.78, 5) is 25.8. The number of sulfonamides is 1. The van der Waals surface area contributed by atoms with E-state index in [2.05, 4.69) is 0 Å². The van der Waals surface area contributed by atoms with Gasteiger partial charge in [0.1, 0.15) is 27.6 Å². The zero-order chi connectivity index (χ0) is 24.7. The summed E-state index contributed by atoms with van der Waals surface area (Å²) in [5, 5.41) is 0.812. The summed E-state index contributed by atoms with van der Waals surface area (Å²) < 4.78 is 43.7. The average Bonchev–Trinajstić information content (AvgIpc) is 3.39. The predicted molar refractivity (Wildman–Crippen MR) is 128 cm³/mol. The second-order valence-corrected chi connectivity index (χ2v) is 12.2. The number of hydrogen-bond donors (Lipinski definition) is 0. The van der Waals surface area contributed by atoms with Gasteiger partial charge < -0.3 is 14.2 Å². The second-order valence-electron chi connectivity index (χ2n) is 9.22. The van der Waals surface area contributed by atoms with Crippen LogP contribution in [0.25, 0.3) is 0 Å². The molecule has 0 N–H and O–H groups in total. The van der Waals surface area contributed by atoms with Gasteiger partial charge in [0.05, 0.1) is 13.7 Å². The molecule has 4 rings (SSSR count). The van der Waals surface area contributed by atoms with Gasteiger partial charge in [0.25, 0.3) is 0 Å². The lowest BCUT2D eigenvalue weighted by molar-refractivity contribution is 0.0243. The van der Waals surface area contributed by atoms with E-state index in [-0.39, 0.29) is 18.9 Å². The normalized spacial score (nSPS) is 23.6. The molecule has 1 fully saturated rings. The van der Waals surface area contributed by atoms with Crippen molar-refractivity contribution >= 4 is 33.4 Å². The van der Waals surface area contributed by atoms with Gasteiger partial charge >= 0.3 is 12.1 Å². The lowest BCUT2D eigenvalue weighted by Crippen LogP contribution is -2.40. The van der Waals surface area contributed by atoms with E-state index in [0.717, 1.165) is 9.87 Å². The van der Waals surface area contributed by atoms with Gasteiger partial charge in [-0.1, -0.05) is 24.3 Å². The molecule has 10 heteroatoms. The van der Waals surface area contributed by atoms with E-state index in [4.69, 9.17) is 14.2 Å². The Morgan fingerprint density at radius 2 is 1.82 bits per heavy atom. The van der Waals surface area contributed by atoms with Crippen LogP contribution >= 0.6 is 11.3 Å². The van der Waals surface area contributed by atoms with Crippen LogP contribution < -0.4 is 4.74 Å². The first-order chi connectivity index (χ1) is 16.0. The Labute approximate surface area is 203 Å². The first-order valence-electron chi connectivity index (χ1n) is 10.8. The summed E-state index contributed by atoms with van der Waals surface area (Å²) >= 11 is 1.26. The summed E-state index contributed by atoms with van der Waals surface area (Å²) in [5.74, 6) is -0.207. The molecule has 182 valence electrons. The van der Waals surface area contributed by atoms with Gasteiger partial charge in [0.15, 0.2) is 0 Å². The van der Waals surface area contributed by atoms with Gasteiger partial charge in [0, 0.05) is 12.3 Å². The number of carbonyl (C=O) groups excluding carboxylic acids is 2. The van der Waals surface area contributed by atoms with E-state index in [9.17, 15) is 18.0 Å². The van der Waals surface area contributed by atoms with Crippen LogP contribution in [0.15, 0.2) is 53.4 Å². The molecule has 0 radical (unpaired) electrons. The third-order valence-electron chi connectivity index (χ3n) is 5.73. The fraction of sp³-hybridized carbons (Fsp3) is 0.417. The monoisotopic (exact) mass is 505 g/mol. The molecule has 1 aromatic carbocycles. The molecule has 1 amide bonds. The smallest absolute Gasteiger partial charge is 0.424 e. The van der Waals surface area contributed by atoms with Crippen molar-refractivity contribution in [3.05, 3.63) is 63.9 Å². The number of hydrogen-bond acceptors (Lipinski definition) is 8. The summed E-state index contributed by atoms with van der Waals surface area (Å²) in [7, 11) is -2.44. The predicted octanol–water partition coefficient (Wildman–Crippen LogP) is 4.35. The Morgan fingerprint density at radius 1 is 1.12 bits per heavy atom. The number of carbonyl (C=O) groups is 2. The topological polar surface area (TPSA) is 99.2 Å². The number of fused-ring (bicyclic) bond motifs is 1. The van der Waals surface area contributed by atoms with Crippen LogP contribution in [-0.4, -0.2) is 55.4 Å². The second kappa shape index (κ2) is 9.07. The molecule has 0 saturated carbocycles. The molecule has 0 unspecified atom stereocenters. The number of esters is 1. The van der Waals surface area contributed by atoms with E-state index < -0.39 is 39.0 Å². The maximum atomic E-state index is 13.3. The number of ether oxygens (including phenoxy) is 3. The largest absolute Gasteiger partial charge is 0.497 e. The van der Waals surface area contributed by atoms with E-state index in [1.54, 1.807) is 57.5 Å². The Kier molecular flexibility index (Phi) is 6.48. The van der Waals surface area contributed by atoms with Crippen molar-refractivity contribution in [2.24, 2.45) is 0 Å². The summed E-state index contributed by atoms with van der Waals surface area (Å²) in [6.07, 6.45) is 0.215. The number of nitrogens with zero attached hydrogens (tertiary/aromatic N) is 1. The molecule has 1 saturated heterocycles. The molecule has 1 aromatic heterocycles. The number of thiophene rings is 1. The van der Waals surface area contributed by atoms with Crippen molar-refractivity contribution in [2.45, 2.75) is 50.1 Å². The van der Waals surface area contributed by atoms with E-state index >= 15 is 0 Å². The maximum absolute atomic E-state index is 13.3. The third-order valence-corrected chi connectivity index (χ3v) is 8.68. The van der Waals surface area contributed by atoms with Crippen LogP contribution in [0.3, 0.4) is 0 Å². The van der Waals surface area contributed by atoms with Crippen LogP contribution in [0.1, 0.15) is 48.3 Å². The van der Waals surface area contributed by atoms with Crippen molar-refractivity contribution in [3.8, 4) is 5.75 Å². The number of methoxy groups -OCH3 is 1. The maximum Gasteiger partial charge on any atom is 0.424 e. The molecule has 2 heterocycles. The Bertz CT molecular complexity index is 1190. The van der Waals surface area contributed by atoms with Gasteiger partial charge in [-0.05, 0) is 55.5 Å². The zero-order valence-electron chi connectivity index (χ0n) is 19.4. The fourth-order valence-corrected chi connectivity index (χ4v) is 6.62. The Balaban J connectivity index is 1.68. The molecular formula is C24H27NO7S2. The van der Waals surface area contributed by atoms with Gasteiger partial charge in [-0.3, -0.25) is 0 Å². The van der Waals surface area contributed by atoms with E-state index in [1.807, 2.05) is 18.2 Å².